The van der Waals surface area contributed by atoms with Gasteiger partial charge in [-0.2, -0.15) is 0 Å². The lowest BCUT2D eigenvalue weighted by molar-refractivity contribution is 0.442. The molecule has 0 bridgehead atoms. The van der Waals surface area contributed by atoms with Gasteiger partial charge in [-0.15, -0.1) is 21.5 Å². The van der Waals surface area contributed by atoms with Gasteiger partial charge >= 0.3 is 0 Å². The number of nitrogens with zero attached hydrogens (tertiary/aromatic N) is 2. The highest BCUT2D eigenvalue weighted by atomic mass is 79.9. The summed E-state index contributed by atoms with van der Waals surface area (Å²) >= 11 is 4.97. The highest BCUT2D eigenvalue weighted by Gasteiger charge is 2.14. The Balaban J connectivity index is 2.27. The summed E-state index contributed by atoms with van der Waals surface area (Å²) in [7, 11) is 1.86. The van der Waals surface area contributed by atoms with E-state index in [0.717, 1.165) is 8.66 Å². The predicted molar refractivity (Wildman–Crippen MR) is 62.8 cm³/mol. The normalized spacial score (nSPS) is 13.0. The van der Waals surface area contributed by atoms with E-state index in [9.17, 15) is 0 Å². The molecule has 1 atom stereocenters. The first-order valence-electron chi connectivity index (χ1n) is 4.47. The lowest BCUT2D eigenvalue weighted by Crippen LogP contribution is -2.12. The summed E-state index contributed by atoms with van der Waals surface area (Å²) in [5.41, 5.74) is 0. The number of halogens is 1. The maximum atomic E-state index is 5.54. The maximum Gasteiger partial charge on any atom is 0.257 e. The quantitative estimate of drug-likeness (QED) is 0.943. The Labute approximate surface area is 99.8 Å². The lowest BCUT2D eigenvalue weighted by atomic mass is 10.3. The molecule has 2 heterocycles. The van der Waals surface area contributed by atoms with Gasteiger partial charge in [0.2, 0.25) is 5.89 Å². The summed E-state index contributed by atoms with van der Waals surface area (Å²) < 4.78 is 6.60. The van der Waals surface area contributed by atoms with Crippen molar-refractivity contribution >= 4 is 27.3 Å². The number of thiophene rings is 1. The fraction of sp³-hybridized carbons (Fsp3) is 0.333. The van der Waals surface area contributed by atoms with Crippen LogP contribution in [-0.2, 0) is 0 Å². The SMILES string of the molecule is CNC(C)c1nnc(-c2ccc(Br)s2)o1. The van der Waals surface area contributed by atoms with Crippen molar-refractivity contribution in [3.05, 3.63) is 21.8 Å². The highest BCUT2D eigenvalue weighted by Crippen LogP contribution is 2.30. The van der Waals surface area contributed by atoms with Gasteiger partial charge in [-0.3, -0.25) is 0 Å². The van der Waals surface area contributed by atoms with Crippen LogP contribution >= 0.6 is 27.3 Å². The zero-order chi connectivity index (χ0) is 10.8. The fourth-order valence-electron chi connectivity index (χ4n) is 1.06. The number of hydrogen-bond acceptors (Lipinski definition) is 5. The van der Waals surface area contributed by atoms with Gasteiger partial charge in [-0.05, 0) is 42.0 Å². The van der Waals surface area contributed by atoms with Gasteiger partial charge in [-0.1, -0.05) is 0 Å². The van der Waals surface area contributed by atoms with E-state index in [4.69, 9.17) is 4.42 Å². The van der Waals surface area contributed by atoms with Crippen LogP contribution < -0.4 is 5.32 Å². The first-order chi connectivity index (χ1) is 7.20. The number of rotatable bonds is 3. The van der Waals surface area contributed by atoms with Crippen molar-refractivity contribution in [3.63, 3.8) is 0 Å². The summed E-state index contributed by atoms with van der Waals surface area (Å²) in [6.45, 7) is 1.97. The molecular formula is C9H10BrN3OS. The van der Waals surface area contributed by atoms with E-state index in [1.54, 1.807) is 11.3 Å². The number of nitrogens with one attached hydrogen (secondary N) is 1. The standard InChI is InChI=1S/C9H10BrN3OS/c1-5(11-2)8-12-13-9(14-8)6-3-4-7(10)15-6/h3-5,11H,1-2H3. The molecule has 2 rings (SSSR count). The van der Waals surface area contributed by atoms with Crippen LogP contribution in [0.1, 0.15) is 18.9 Å². The van der Waals surface area contributed by atoms with E-state index in [1.165, 1.54) is 0 Å². The Morgan fingerprint density at radius 1 is 1.47 bits per heavy atom. The molecule has 2 aromatic heterocycles. The van der Waals surface area contributed by atoms with Gasteiger partial charge in [-0.25, -0.2) is 0 Å². The second kappa shape index (κ2) is 4.42. The minimum atomic E-state index is 0.0784. The monoisotopic (exact) mass is 287 g/mol. The van der Waals surface area contributed by atoms with Crippen LogP contribution in [0.4, 0.5) is 0 Å². The molecule has 0 fully saturated rings. The fourth-order valence-corrected chi connectivity index (χ4v) is 2.37. The van der Waals surface area contributed by atoms with Crippen LogP contribution in [0.3, 0.4) is 0 Å². The molecule has 0 spiro atoms. The Hall–Kier alpha value is -0.720. The summed E-state index contributed by atoms with van der Waals surface area (Å²) in [5, 5.41) is 11.0. The van der Waals surface area contributed by atoms with E-state index in [-0.39, 0.29) is 6.04 Å². The van der Waals surface area contributed by atoms with Crippen molar-refractivity contribution in [3.8, 4) is 10.8 Å². The molecule has 80 valence electrons. The van der Waals surface area contributed by atoms with Crippen LogP contribution in [0.5, 0.6) is 0 Å². The summed E-state index contributed by atoms with van der Waals surface area (Å²) in [6.07, 6.45) is 0. The molecule has 4 nitrogen and oxygen atoms in total. The first-order valence-corrected chi connectivity index (χ1v) is 6.08. The van der Waals surface area contributed by atoms with Crippen molar-refractivity contribution in [2.45, 2.75) is 13.0 Å². The number of hydrogen-bond donors (Lipinski definition) is 1. The molecule has 0 saturated heterocycles. The summed E-state index contributed by atoms with van der Waals surface area (Å²) in [5.74, 6) is 1.18. The minimum Gasteiger partial charge on any atom is -0.418 e. The molecule has 0 aliphatic rings. The van der Waals surface area contributed by atoms with Crippen molar-refractivity contribution in [2.75, 3.05) is 7.05 Å². The summed E-state index contributed by atoms with van der Waals surface area (Å²) in [4.78, 5) is 0.976. The Bertz CT molecular complexity index is 454. The van der Waals surface area contributed by atoms with Gasteiger partial charge in [0.15, 0.2) is 0 Å². The molecule has 15 heavy (non-hydrogen) atoms. The maximum absolute atomic E-state index is 5.54. The van der Waals surface area contributed by atoms with Gasteiger partial charge in [0.25, 0.3) is 5.89 Å². The first kappa shape index (κ1) is 10.8. The Morgan fingerprint density at radius 3 is 2.87 bits per heavy atom. The third-order valence-corrected chi connectivity index (χ3v) is 3.64. The molecule has 1 N–H and O–H groups in total. The second-order valence-corrected chi connectivity index (χ2v) is 5.52. The average molecular weight is 288 g/mol. The van der Waals surface area contributed by atoms with E-state index >= 15 is 0 Å². The van der Waals surface area contributed by atoms with Crippen molar-refractivity contribution in [2.24, 2.45) is 0 Å². The van der Waals surface area contributed by atoms with Gasteiger partial charge in [0.1, 0.15) is 0 Å². The second-order valence-electron chi connectivity index (χ2n) is 3.06. The predicted octanol–water partition coefficient (Wildman–Crippen LogP) is 2.84. The zero-order valence-electron chi connectivity index (χ0n) is 8.32. The average Bonchev–Trinajstić information content (AvgIpc) is 2.84. The van der Waals surface area contributed by atoms with E-state index in [1.807, 2.05) is 26.1 Å². The molecular weight excluding hydrogens is 278 g/mol. The molecule has 0 radical (unpaired) electrons. The molecule has 0 saturated carbocycles. The van der Waals surface area contributed by atoms with Crippen molar-refractivity contribution < 1.29 is 4.42 Å². The van der Waals surface area contributed by atoms with Crippen LogP contribution in [-0.4, -0.2) is 17.2 Å². The molecule has 6 heteroatoms. The molecule has 2 aromatic rings. The molecule has 1 unspecified atom stereocenters. The molecule has 0 aromatic carbocycles. The zero-order valence-corrected chi connectivity index (χ0v) is 10.7. The largest absolute Gasteiger partial charge is 0.418 e. The Kier molecular flexibility index (Phi) is 3.18. The van der Waals surface area contributed by atoms with Crippen LogP contribution in [0.25, 0.3) is 10.8 Å². The van der Waals surface area contributed by atoms with E-state index in [2.05, 4.69) is 31.4 Å². The molecule has 0 amide bonds. The van der Waals surface area contributed by atoms with Crippen LogP contribution in [0, 0.1) is 0 Å². The minimum absolute atomic E-state index is 0.0784. The topological polar surface area (TPSA) is 51.0 Å². The van der Waals surface area contributed by atoms with E-state index in [0.29, 0.717) is 11.8 Å². The smallest absolute Gasteiger partial charge is 0.257 e. The lowest BCUT2D eigenvalue weighted by Gasteiger charge is -2.01. The van der Waals surface area contributed by atoms with Crippen molar-refractivity contribution in [1.29, 1.82) is 0 Å². The third-order valence-electron chi connectivity index (χ3n) is 2.03. The summed E-state index contributed by atoms with van der Waals surface area (Å²) in [6, 6.07) is 4.00. The molecule has 0 aliphatic heterocycles. The Morgan fingerprint density at radius 2 is 2.27 bits per heavy atom. The number of aromatic nitrogens is 2. The van der Waals surface area contributed by atoms with E-state index < -0.39 is 0 Å². The van der Waals surface area contributed by atoms with Gasteiger partial charge in [0, 0.05) is 0 Å². The highest BCUT2D eigenvalue weighted by molar-refractivity contribution is 9.11. The van der Waals surface area contributed by atoms with Crippen molar-refractivity contribution in [1.82, 2.24) is 15.5 Å². The molecule has 0 aliphatic carbocycles. The third kappa shape index (κ3) is 2.27. The van der Waals surface area contributed by atoms with Gasteiger partial charge in [0.05, 0.1) is 14.7 Å². The van der Waals surface area contributed by atoms with Gasteiger partial charge < -0.3 is 9.73 Å². The van der Waals surface area contributed by atoms with Crippen LogP contribution in [0.2, 0.25) is 0 Å². The van der Waals surface area contributed by atoms with Crippen LogP contribution in [0.15, 0.2) is 20.3 Å².